The predicted octanol–water partition coefficient (Wildman–Crippen LogP) is 3.78. The van der Waals surface area contributed by atoms with Crippen LogP contribution in [0.25, 0.3) is 5.69 Å². The number of sulfonamides is 1. The summed E-state index contributed by atoms with van der Waals surface area (Å²) in [6.07, 6.45) is 0. The van der Waals surface area contributed by atoms with Crippen molar-refractivity contribution >= 4 is 21.7 Å². The molecule has 0 spiro atoms. The smallest absolute Gasteiger partial charge is 0.338 e. The Hall–Kier alpha value is -4.18. The molecule has 0 aliphatic rings. The Bertz CT molecular complexity index is 1560. The summed E-state index contributed by atoms with van der Waals surface area (Å²) in [4.78, 5) is 25.3. The van der Waals surface area contributed by atoms with E-state index in [-0.39, 0.29) is 28.3 Å². The van der Waals surface area contributed by atoms with Gasteiger partial charge in [-0.1, -0.05) is 42.5 Å². The quantitative estimate of drug-likeness (QED) is 0.394. The van der Waals surface area contributed by atoms with Crippen LogP contribution in [-0.2, 0) is 28.4 Å². The number of halogens is 1. The van der Waals surface area contributed by atoms with Gasteiger partial charge in [-0.05, 0) is 43.3 Å². The van der Waals surface area contributed by atoms with Crippen LogP contribution in [0.3, 0.4) is 0 Å². The van der Waals surface area contributed by atoms with Crippen LogP contribution in [0.4, 0.5) is 10.1 Å². The van der Waals surface area contributed by atoms with E-state index in [0.29, 0.717) is 11.4 Å². The maximum atomic E-state index is 13.8. The van der Waals surface area contributed by atoms with Gasteiger partial charge in [0, 0.05) is 12.6 Å². The number of benzene rings is 3. The lowest BCUT2D eigenvalue weighted by atomic mass is 10.2. The zero-order valence-corrected chi connectivity index (χ0v) is 19.8. The van der Waals surface area contributed by atoms with E-state index >= 15 is 0 Å². The molecule has 1 aromatic heterocycles. The molecule has 4 aromatic rings. The van der Waals surface area contributed by atoms with Crippen molar-refractivity contribution in [2.24, 2.45) is 7.05 Å². The third-order valence-corrected chi connectivity index (χ3v) is 6.83. The summed E-state index contributed by atoms with van der Waals surface area (Å²) >= 11 is 0. The molecule has 0 radical (unpaired) electrons. The van der Waals surface area contributed by atoms with Crippen molar-refractivity contribution in [2.45, 2.75) is 18.4 Å². The van der Waals surface area contributed by atoms with Gasteiger partial charge in [-0.3, -0.25) is 14.2 Å². The molecule has 180 valence electrons. The molecule has 10 heteroatoms. The van der Waals surface area contributed by atoms with Crippen molar-refractivity contribution in [3.63, 3.8) is 0 Å². The van der Waals surface area contributed by atoms with Crippen LogP contribution in [0.5, 0.6) is 0 Å². The fourth-order valence-corrected chi connectivity index (χ4v) is 4.67. The second kappa shape index (κ2) is 9.59. The Labute approximate surface area is 201 Å². The monoisotopic (exact) mass is 495 g/mol. The fraction of sp³-hybridized carbons (Fsp3) is 0.120. The van der Waals surface area contributed by atoms with Crippen LogP contribution in [0, 0.1) is 12.7 Å². The number of nitrogens with zero attached hydrogens (tertiary/aromatic N) is 2. The second-order valence-electron chi connectivity index (χ2n) is 7.74. The van der Waals surface area contributed by atoms with E-state index < -0.39 is 27.4 Å². The summed E-state index contributed by atoms with van der Waals surface area (Å²) in [5.41, 5.74) is 0.497. The first-order valence-electron chi connectivity index (χ1n) is 10.6. The van der Waals surface area contributed by atoms with Crippen molar-refractivity contribution in [2.75, 3.05) is 4.72 Å². The highest BCUT2D eigenvalue weighted by Gasteiger charge is 2.23. The molecule has 1 N–H and O–H groups in total. The second-order valence-corrected chi connectivity index (χ2v) is 9.42. The minimum atomic E-state index is -4.22. The minimum Gasteiger partial charge on any atom is -0.457 e. The maximum absolute atomic E-state index is 13.8. The van der Waals surface area contributed by atoms with Gasteiger partial charge in [0.1, 0.15) is 18.1 Å². The number of aromatic nitrogens is 2. The van der Waals surface area contributed by atoms with Gasteiger partial charge in [0.25, 0.3) is 15.6 Å². The highest BCUT2D eigenvalue weighted by atomic mass is 32.2. The van der Waals surface area contributed by atoms with E-state index in [0.717, 1.165) is 6.07 Å². The van der Waals surface area contributed by atoms with E-state index in [9.17, 15) is 22.4 Å². The zero-order valence-electron chi connectivity index (χ0n) is 18.9. The molecule has 1 heterocycles. The molecule has 35 heavy (non-hydrogen) atoms. The average Bonchev–Trinajstić information content (AvgIpc) is 3.06. The number of anilines is 1. The summed E-state index contributed by atoms with van der Waals surface area (Å²) in [7, 11) is -2.57. The number of hydrogen-bond acceptors (Lipinski definition) is 5. The number of carbonyl (C=O) groups excluding carboxylic acids is 1. The highest BCUT2D eigenvalue weighted by Crippen LogP contribution is 2.20. The van der Waals surface area contributed by atoms with Crippen LogP contribution >= 0.6 is 0 Å². The Balaban J connectivity index is 1.59. The van der Waals surface area contributed by atoms with Crippen LogP contribution in [-0.4, -0.2) is 23.8 Å². The number of carbonyl (C=O) groups is 1. The highest BCUT2D eigenvalue weighted by molar-refractivity contribution is 7.92. The summed E-state index contributed by atoms with van der Waals surface area (Å²) in [6, 6.07) is 19.9. The van der Waals surface area contributed by atoms with Gasteiger partial charge in [0.05, 0.1) is 21.8 Å². The molecular formula is C25H22FN3O5S. The molecule has 0 amide bonds. The molecule has 0 atom stereocenters. The topological polar surface area (TPSA) is 99.4 Å². The Morgan fingerprint density at radius 2 is 1.69 bits per heavy atom. The first-order chi connectivity index (χ1) is 16.7. The molecule has 0 saturated heterocycles. The third kappa shape index (κ3) is 4.87. The van der Waals surface area contributed by atoms with E-state index in [4.69, 9.17) is 4.74 Å². The van der Waals surface area contributed by atoms with Crippen LogP contribution in [0.2, 0.25) is 0 Å². The number of esters is 1. The number of ether oxygens (including phenoxy) is 1. The van der Waals surface area contributed by atoms with E-state index in [1.165, 1.54) is 41.1 Å². The lowest BCUT2D eigenvalue weighted by Gasteiger charge is -2.09. The molecule has 3 aromatic carbocycles. The van der Waals surface area contributed by atoms with Gasteiger partial charge in [0.2, 0.25) is 0 Å². The van der Waals surface area contributed by atoms with Gasteiger partial charge in [-0.25, -0.2) is 22.3 Å². The first kappa shape index (κ1) is 24.0. The number of hydrogen-bond donors (Lipinski definition) is 1. The van der Waals surface area contributed by atoms with Crippen molar-refractivity contribution in [1.82, 2.24) is 9.36 Å². The molecule has 0 aliphatic heterocycles. The first-order valence-corrected chi connectivity index (χ1v) is 12.0. The normalized spacial score (nSPS) is 11.3. The van der Waals surface area contributed by atoms with Crippen molar-refractivity contribution in [3.05, 3.63) is 112 Å². The number of rotatable bonds is 7. The molecule has 0 unspecified atom stereocenters. The fourth-order valence-electron chi connectivity index (χ4n) is 3.51. The lowest BCUT2D eigenvalue weighted by Crippen LogP contribution is -2.23. The number of para-hydroxylation sites is 1. The van der Waals surface area contributed by atoms with Crippen LogP contribution in [0.15, 0.2) is 88.6 Å². The number of nitrogens with one attached hydrogen (secondary N) is 1. The SMILES string of the molecule is Cc1c(NS(=O)(=O)c2cccc(C(=O)OCc3ccccc3F)c2)c(=O)n(-c2ccccc2)n1C. The third-order valence-electron chi connectivity index (χ3n) is 5.49. The predicted molar refractivity (Wildman–Crippen MR) is 129 cm³/mol. The Morgan fingerprint density at radius 3 is 2.40 bits per heavy atom. The van der Waals surface area contributed by atoms with E-state index in [1.54, 1.807) is 49.0 Å². The minimum absolute atomic E-state index is 0.0318. The van der Waals surface area contributed by atoms with Crippen molar-refractivity contribution in [1.29, 1.82) is 0 Å². The zero-order chi connectivity index (χ0) is 25.2. The molecule has 8 nitrogen and oxygen atoms in total. The van der Waals surface area contributed by atoms with E-state index in [2.05, 4.69) is 4.72 Å². The molecule has 4 rings (SSSR count). The molecule has 0 saturated carbocycles. The average molecular weight is 496 g/mol. The Kier molecular flexibility index (Phi) is 6.57. The van der Waals surface area contributed by atoms with Crippen LogP contribution in [0.1, 0.15) is 21.6 Å². The Morgan fingerprint density at radius 1 is 1.00 bits per heavy atom. The van der Waals surface area contributed by atoms with Gasteiger partial charge >= 0.3 is 5.97 Å². The molecular weight excluding hydrogens is 473 g/mol. The van der Waals surface area contributed by atoms with Crippen molar-refractivity contribution < 1.29 is 22.3 Å². The van der Waals surface area contributed by atoms with Gasteiger partial charge in [-0.15, -0.1) is 0 Å². The summed E-state index contributed by atoms with van der Waals surface area (Å²) in [5, 5.41) is 0. The largest absolute Gasteiger partial charge is 0.457 e. The molecule has 0 fully saturated rings. The van der Waals surface area contributed by atoms with Crippen LogP contribution < -0.4 is 10.3 Å². The van der Waals surface area contributed by atoms with Crippen molar-refractivity contribution in [3.8, 4) is 5.69 Å². The van der Waals surface area contributed by atoms with Gasteiger partial charge in [-0.2, -0.15) is 0 Å². The standard InChI is InChI=1S/C25H22FN3O5S/c1-17-23(24(30)29(28(17)2)20-11-4-3-5-12-20)27-35(32,33)21-13-8-10-18(15-21)25(31)34-16-19-9-6-7-14-22(19)26/h3-15,27H,16H2,1-2H3. The molecule has 0 bridgehead atoms. The lowest BCUT2D eigenvalue weighted by molar-refractivity contribution is 0.0468. The maximum Gasteiger partial charge on any atom is 0.338 e. The summed E-state index contributed by atoms with van der Waals surface area (Å²) in [6.45, 7) is 1.32. The van der Waals surface area contributed by atoms with Gasteiger partial charge < -0.3 is 4.74 Å². The summed E-state index contributed by atoms with van der Waals surface area (Å²) < 4.78 is 50.3. The van der Waals surface area contributed by atoms with Gasteiger partial charge in [0.15, 0.2) is 0 Å². The van der Waals surface area contributed by atoms with E-state index in [1.807, 2.05) is 6.07 Å². The molecule has 0 aliphatic carbocycles. The summed E-state index contributed by atoms with van der Waals surface area (Å²) in [5.74, 6) is -1.33.